The molecule has 2 rings (SSSR count). The first-order chi connectivity index (χ1) is 9.58. The number of aliphatic hydroxyl groups excluding tert-OH is 1. The number of hydrogen-bond acceptors (Lipinski definition) is 2. The molecule has 1 aliphatic carbocycles. The van der Waals surface area contributed by atoms with Crippen molar-refractivity contribution in [3.8, 4) is 0 Å². The van der Waals surface area contributed by atoms with E-state index in [9.17, 15) is 4.79 Å². The second-order valence-corrected chi connectivity index (χ2v) is 5.82. The fourth-order valence-corrected chi connectivity index (χ4v) is 2.79. The summed E-state index contributed by atoms with van der Waals surface area (Å²) in [7, 11) is 0. The molecule has 20 heavy (non-hydrogen) atoms. The number of nitrogens with one attached hydrogen (secondary N) is 2. The average molecular weight is 276 g/mol. The smallest absolute Gasteiger partial charge is 0.319 e. The molecule has 0 radical (unpaired) electrons. The van der Waals surface area contributed by atoms with Crippen LogP contribution in [0.1, 0.15) is 36.8 Å². The number of aliphatic hydroxyl groups is 1. The summed E-state index contributed by atoms with van der Waals surface area (Å²) in [5.74, 6) is 0.412. The van der Waals surface area contributed by atoms with Gasteiger partial charge in [-0.25, -0.2) is 4.79 Å². The Balaban J connectivity index is 1.84. The third kappa shape index (κ3) is 3.97. The number of benzene rings is 1. The van der Waals surface area contributed by atoms with Gasteiger partial charge in [0.25, 0.3) is 0 Å². The van der Waals surface area contributed by atoms with E-state index in [-0.39, 0.29) is 18.7 Å². The number of anilines is 1. The number of hydrogen-bond donors (Lipinski definition) is 3. The number of carbonyl (C=O) groups is 1. The first-order valence-electron chi connectivity index (χ1n) is 7.34. The largest absolute Gasteiger partial charge is 0.396 e. The van der Waals surface area contributed by atoms with Crippen molar-refractivity contribution in [3.63, 3.8) is 0 Å². The monoisotopic (exact) mass is 276 g/mol. The molecule has 0 heterocycles. The molecule has 0 saturated heterocycles. The molecule has 0 bridgehead atoms. The van der Waals surface area contributed by atoms with Crippen molar-refractivity contribution in [1.29, 1.82) is 0 Å². The maximum absolute atomic E-state index is 12.0. The Bertz CT molecular complexity index is 466. The van der Waals surface area contributed by atoms with Crippen molar-refractivity contribution in [3.05, 3.63) is 29.3 Å². The molecule has 0 unspecified atom stereocenters. The molecule has 2 amide bonds. The highest BCUT2D eigenvalue weighted by Crippen LogP contribution is 2.24. The molecule has 1 fully saturated rings. The first kappa shape index (κ1) is 14.9. The minimum atomic E-state index is -0.135. The van der Waals surface area contributed by atoms with Gasteiger partial charge in [-0.2, -0.15) is 0 Å². The van der Waals surface area contributed by atoms with E-state index in [0.29, 0.717) is 5.92 Å². The molecule has 1 aromatic carbocycles. The summed E-state index contributed by atoms with van der Waals surface area (Å²) in [6, 6.07) is 6.08. The van der Waals surface area contributed by atoms with Crippen molar-refractivity contribution in [1.82, 2.24) is 5.32 Å². The van der Waals surface area contributed by atoms with E-state index in [4.69, 9.17) is 5.11 Å². The molecule has 0 aliphatic heterocycles. The second kappa shape index (κ2) is 6.75. The Hall–Kier alpha value is -1.55. The van der Waals surface area contributed by atoms with E-state index < -0.39 is 0 Å². The van der Waals surface area contributed by atoms with Gasteiger partial charge in [0.2, 0.25) is 0 Å². The van der Waals surface area contributed by atoms with Gasteiger partial charge in [0.15, 0.2) is 0 Å². The molecule has 0 aromatic heterocycles. The standard InChI is InChI=1S/C16H24N2O2/c1-11-3-8-15(12(2)9-11)18-16(20)17-14-6-4-13(10-19)5-7-14/h3,8-9,13-14,19H,4-7,10H2,1-2H3,(H2,17,18,20). The fourth-order valence-electron chi connectivity index (χ4n) is 2.79. The first-order valence-corrected chi connectivity index (χ1v) is 7.34. The zero-order valence-corrected chi connectivity index (χ0v) is 12.3. The summed E-state index contributed by atoms with van der Waals surface area (Å²) in [6.07, 6.45) is 3.88. The summed E-state index contributed by atoms with van der Waals surface area (Å²) in [6.45, 7) is 4.30. The van der Waals surface area contributed by atoms with E-state index in [1.165, 1.54) is 5.56 Å². The van der Waals surface area contributed by atoms with Gasteiger partial charge in [0.1, 0.15) is 0 Å². The van der Waals surface area contributed by atoms with Crippen LogP contribution in [-0.4, -0.2) is 23.8 Å². The minimum absolute atomic E-state index is 0.135. The Labute approximate surface area is 120 Å². The molecule has 0 atom stereocenters. The van der Waals surface area contributed by atoms with Crippen molar-refractivity contribution >= 4 is 11.7 Å². The van der Waals surface area contributed by atoms with Crippen LogP contribution in [0, 0.1) is 19.8 Å². The SMILES string of the molecule is Cc1ccc(NC(=O)NC2CCC(CO)CC2)c(C)c1. The van der Waals surface area contributed by atoms with Crippen LogP contribution in [0.5, 0.6) is 0 Å². The zero-order chi connectivity index (χ0) is 14.5. The van der Waals surface area contributed by atoms with Crippen molar-refractivity contribution in [2.75, 3.05) is 11.9 Å². The highest BCUT2D eigenvalue weighted by molar-refractivity contribution is 5.90. The summed E-state index contributed by atoms with van der Waals surface area (Å²) in [5, 5.41) is 15.0. The van der Waals surface area contributed by atoms with Crippen LogP contribution in [0.2, 0.25) is 0 Å². The van der Waals surface area contributed by atoms with E-state index in [1.54, 1.807) is 0 Å². The van der Waals surface area contributed by atoms with Gasteiger partial charge in [0.05, 0.1) is 0 Å². The van der Waals surface area contributed by atoms with Gasteiger partial charge < -0.3 is 15.7 Å². The van der Waals surface area contributed by atoms with E-state index in [1.807, 2.05) is 26.0 Å². The molecular weight excluding hydrogens is 252 g/mol. The van der Waals surface area contributed by atoms with Gasteiger partial charge in [-0.15, -0.1) is 0 Å². The van der Waals surface area contributed by atoms with E-state index in [2.05, 4.69) is 16.7 Å². The van der Waals surface area contributed by atoms with Crippen LogP contribution in [0.4, 0.5) is 10.5 Å². The fraction of sp³-hybridized carbons (Fsp3) is 0.562. The molecule has 3 N–H and O–H groups in total. The van der Waals surface area contributed by atoms with Gasteiger partial charge in [-0.05, 0) is 57.1 Å². The third-order valence-corrected chi connectivity index (χ3v) is 4.07. The highest BCUT2D eigenvalue weighted by Gasteiger charge is 2.21. The number of amides is 2. The van der Waals surface area contributed by atoms with E-state index >= 15 is 0 Å². The lowest BCUT2D eigenvalue weighted by Gasteiger charge is -2.28. The van der Waals surface area contributed by atoms with Crippen LogP contribution < -0.4 is 10.6 Å². The predicted molar refractivity (Wildman–Crippen MR) is 80.9 cm³/mol. The van der Waals surface area contributed by atoms with Gasteiger partial charge in [-0.1, -0.05) is 17.7 Å². The molecule has 4 heteroatoms. The third-order valence-electron chi connectivity index (χ3n) is 4.07. The Kier molecular flexibility index (Phi) is 5.01. The van der Waals surface area contributed by atoms with Crippen molar-refractivity contribution < 1.29 is 9.90 Å². The van der Waals surface area contributed by atoms with Crippen LogP contribution in [0.3, 0.4) is 0 Å². The lowest BCUT2D eigenvalue weighted by atomic mass is 9.87. The van der Waals surface area contributed by atoms with Crippen molar-refractivity contribution in [2.24, 2.45) is 5.92 Å². The lowest BCUT2D eigenvalue weighted by Crippen LogP contribution is -2.40. The second-order valence-electron chi connectivity index (χ2n) is 5.82. The van der Waals surface area contributed by atoms with Crippen molar-refractivity contribution in [2.45, 2.75) is 45.6 Å². The van der Waals surface area contributed by atoms with E-state index in [0.717, 1.165) is 36.9 Å². The number of carbonyl (C=O) groups excluding carboxylic acids is 1. The molecule has 110 valence electrons. The van der Waals surface area contributed by atoms with Gasteiger partial charge >= 0.3 is 6.03 Å². The summed E-state index contributed by atoms with van der Waals surface area (Å²) in [4.78, 5) is 12.0. The highest BCUT2D eigenvalue weighted by atomic mass is 16.3. The van der Waals surface area contributed by atoms with Crippen LogP contribution in [0.15, 0.2) is 18.2 Å². The summed E-state index contributed by atoms with van der Waals surface area (Å²) >= 11 is 0. The Morgan fingerprint density at radius 1 is 1.25 bits per heavy atom. The predicted octanol–water partition coefficient (Wildman–Crippen LogP) is 2.98. The topological polar surface area (TPSA) is 61.4 Å². The summed E-state index contributed by atoms with van der Waals surface area (Å²) < 4.78 is 0. The molecule has 1 saturated carbocycles. The number of aryl methyl sites for hydroxylation is 2. The zero-order valence-electron chi connectivity index (χ0n) is 12.3. The molecule has 1 aromatic rings. The summed E-state index contributed by atoms with van der Waals surface area (Å²) in [5.41, 5.74) is 3.12. The van der Waals surface area contributed by atoms with Gasteiger partial charge in [-0.3, -0.25) is 0 Å². The molecule has 0 spiro atoms. The average Bonchev–Trinajstić information content (AvgIpc) is 2.43. The van der Waals surface area contributed by atoms with Gasteiger partial charge in [0, 0.05) is 18.3 Å². The molecule has 4 nitrogen and oxygen atoms in total. The Morgan fingerprint density at radius 2 is 1.95 bits per heavy atom. The van der Waals surface area contributed by atoms with Crippen LogP contribution >= 0.6 is 0 Å². The molecule has 1 aliphatic rings. The Morgan fingerprint density at radius 3 is 2.55 bits per heavy atom. The number of urea groups is 1. The molecular formula is C16H24N2O2. The van der Waals surface area contributed by atoms with Crippen LogP contribution in [-0.2, 0) is 0 Å². The maximum atomic E-state index is 12.0. The number of rotatable bonds is 3. The normalized spacial score (nSPS) is 22.4. The minimum Gasteiger partial charge on any atom is -0.396 e. The lowest BCUT2D eigenvalue weighted by molar-refractivity contribution is 0.176. The van der Waals surface area contributed by atoms with Crippen LogP contribution in [0.25, 0.3) is 0 Å². The maximum Gasteiger partial charge on any atom is 0.319 e. The quantitative estimate of drug-likeness (QED) is 0.795.